The summed E-state index contributed by atoms with van der Waals surface area (Å²) in [7, 11) is 0. The zero-order valence-corrected chi connectivity index (χ0v) is 13.4. The standard InChI is InChI=1S/C16H9BrClNO3/c17-10-4-5-14-9(6-10)7-13(16(21)22-14)15(20)19-12-3-1-2-11(18)8-12/h1-8H,(H,19,20). The molecule has 0 aliphatic heterocycles. The Bertz CT molecular complexity index is 936. The minimum Gasteiger partial charge on any atom is -0.422 e. The van der Waals surface area contributed by atoms with Gasteiger partial charge in [0.2, 0.25) is 0 Å². The number of carbonyl (C=O) groups excluding carboxylic acids is 1. The van der Waals surface area contributed by atoms with Gasteiger partial charge in [0, 0.05) is 20.6 Å². The number of amides is 1. The molecule has 0 bridgehead atoms. The van der Waals surface area contributed by atoms with Crippen LogP contribution >= 0.6 is 27.5 Å². The molecule has 0 radical (unpaired) electrons. The van der Waals surface area contributed by atoms with Gasteiger partial charge in [0.25, 0.3) is 5.91 Å². The Morgan fingerprint density at radius 2 is 1.95 bits per heavy atom. The van der Waals surface area contributed by atoms with Crippen LogP contribution in [0.3, 0.4) is 0 Å². The zero-order chi connectivity index (χ0) is 15.7. The van der Waals surface area contributed by atoms with Gasteiger partial charge in [-0.3, -0.25) is 4.79 Å². The quantitative estimate of drug-likeness (QED) is 0.670. The van der Waals surface area contributed by atoms with E-state index in [4.69, 9.17) is 16.0 Å². The first-order valence-electron chi connectivity index (χ1n) is 6.33. The van der Waals surface area contributed by atoms with Gasteiger partial charge in [0.15, 0.2) is 0 Å². The van der Waals surface area contributed by atoms with E-state index in [0.29, 0.717) is 21.7 Å². The fraction of sp³-hybridized carbons (Fsp3) is 0. The number of hydrogen-bond acceptors (Lipinski definition) is 3. The maximum atomic E-state index is 12.2. The molecule has 0 aliphatic rings. The van der Waals surface area contributed by atoms with Crippen molar-refractivity contribution in [3.63, 3.8) is 0 Å². The minimum absolute atomic E-state index is 0.0643. The number of carbonyl (C=O) groups is 1. The van der Waals surface area contributed by atoms with Crippen LogP contribution in [-0.4, -0.2) is 5.91 Å². The number of anilines is 1. The fourth-order valence-corrected chi connectivity index (χ4v) is 2.59. The molecule has 1 aromatic heterocycles. The molecule has 1 heterocycles. The smallest absolute Gasteiger partial charge is 0.349 e. The number of nitrogens with one attached hydrogen (secondary N) is 1. The first-order chi connectivity index (χ1) is 10.5. The van der Waals surface area contributed by atoms with E-state index in [1.807, 2.05) is 0 Å². The van der Waals surface area contributed by atoms with Crippen molar-refractivity contribution in [3.05, 3.63) is 74.0 Å². The normalized spacial score (nSPS) is 10.6. The molecule has 4 nitrogen and oxygen atoms in total. The van der Waals surface area contributed by atoms with Gasteiger partial charge in [-0.1, -0.05) is 33.6 Å². The first-order valence-corrected chi connectivity index (χ1v) is 7.50. The Hall–Kier alpha value is -2.11. The van der Waals surface area contributed by atoms with E-state index in [-0.39, 0.29) is 5.56 Å². The van der Waals surface area contributed by atoms with Crippen LogP contribution in [0.2, 0.25) is 5.02 Å². The van der Waals surface area contributed by atoms with Crippen LogP contribution in [0, 0.1) is 0 Å². The molecule has 2 aromatic carbocycles. The highest BCUT2D eigenvalue weighted by Gasteiger charge is 2.14. The SMILES string of the molecule is O=C(Nc1cccc(Cl)c1)c1cc2cc(Br)ccc2oc1=O. The Labute approximate surface area is 138 Å². The third-order valence-electron chi connectivity index (χ3n) is 3.02. The van der Waals surface area contributed by atoms with Crippen LogP contribution in [0.4, 0.5) is 5.69 Å². The predicted octanol–water partition coefficient (Wildman–Crippen LogP) is 4.46. The lowest BCUT2D eigenvalue weighted by molar-refractivity contribution is 0.102. The predicted molar refractivity (Wildman–Crippen MR) is 89.6 cm³/mol. The van der Waals surface area contributed by atoms with Crippen LogP contribution in [0.15, 0.2) is 62.2 Å². The van der Waals surface area contributed by atoms with Gasteiger partial charge in [-0.2, -0.15) is 0 Å². The second-order valence-electron chi connectivity index (χ2n) is 4.59. The van der Waals surface area contributed by atoms with E-state index < -0.39 is 11.5 Å². The summed E-state index contributed by atoms with van der Waals surface area (Å²) in [6.45, 7) is 0. The molecule has 0 atom stereocenters. The summed E-state index contributed by atoms with van der Waals surface area (Å²) in [4.78, 5) is 24.2. The van der Waals surface area contributed by atoms with E-state index in [2.05, 4.69) is 21.2 Å². The van der Waals surface area contributed by atoms with Gasteiger partial charge in [-0.15, -0.1) is 0 Å². The minimum atomic E-state index is -0.686. The van der Waals surface area contributed by atoms with Crippen molar-refractivity contribution >= 4 is 50.1 Å². The molecule has 22 heavy (non-hydrogen) atoms. The summed E-state index contributed by atoms with van der Waals surface area (Å²) in [5, 5.41) is 3.77. The Morgan fingerprint density at radius 1 is 1.14 bits per heavy atom. The van der Waals surface area contributed by atoms with Crippen molar-refractivity contribution in [1.29, 1.82) is 0 Å². The summed E-state index contributed by atoms with van der Waals surface area (Å²) in [6.07, 6.45) is 0. The average Bonchev–Trinajstić information content (AvgIpc) is 2.47. The van der Waals surface area contributed by atoms with Gasteiger partial charge in [0.05, 0.1) is 0 Å². The lowest BCUT2D eigenvalue weighted by Crippen LogP contribution is -2.20. The second-order valence-corrected chi connectivity index (χ2v) is 5.95. The number of rotatable bonds is 2. The van der Waals surface area contributed by atoms with Crippen LogP contribution in [0.1, 0.15) is 10.4 Å². The fourth-order valence-electron chi connectivity index (χ4n) is 2.02. The molecule has 110 valence electrons. The van der Waals surface area contributed by atoms with Crippen molar-refractivity contribution in [3.8, 4) is 0 Å². The molecule has 0 fully saturated rings. The largest absolute Gasteiger partial charge is 0.422 e. The molecule has 1 amide bonds. The van der Waals surface area contributed by atoms with E-state index in [1.54, 1.807) is 42.5 Å². The van der Waals surface area contributed by atoms with E-state index in [1.165, 1.54) is 6.07 Å². The Morgan fingerprint density at radius 3 is 2.73 bits per heavy atom. The average molecular weight is 379 g/mol. The summed E-state index contributed by atoms with van der Waals surface area (Å²) >= 11 is 9.20. The molecular formula is C16H9BrClNO3. The summed E-state index contributed by atoms with van der Waals surface area (Å²) < 4.78 is 6.00. The monoisotopic (exact) mass is 377 g/mol. The van der Waals surface area contributed by atoms with Crippen molar-refractivity contribution in [2.45, 2.75) is 0 Å². The zero-order valence-electron chi connectivity index (χ0n) is 11.1. The molecule has 0 unspecified atom stereocenters. The molecule has 0 saturated carbocycles. The number of fused-ring (bicyclic) bond motifs is 1. The van der Waals surface area contributed by atoms with Gasteiger partial charge in [0.1, 0.15) is 11.1 Å². The van der Waals surface area contributed by atoms with Crippen LogP contribution in [0.5, 0.6) is 0 Å². The highest BCUT2D eigenvalue weighted by atomic mass is 79.9. The first kappa shape index (κ1) is 14.8. The summed E-state index contributed by atoms with van der Waals surface area (Å²) in [5.74, 6) is -0.544. The molecule has 1 N–H and O–H groups in total. The molecule has 3 rings (SSSR count). The molecule has 6 heteroatoms. The van der Waals surface area contributed by atoms with Crippen molar-refractivity contribution in [1.82, 2.24) is 0 Å². The van der Waals surface area contributed by atoms with Gasteiger partial charge >= 0.3 is 5.63 Å². The third-order valence-corrected chi connectivity index (χ3v) is 3.75. The molecular weight excluding hydrogens is 370 g/mol. The Kier molecular flexibility index (Phi) is 4.00. The van der Waals surface area contributed by atoms with Gasteiger partial charge < -0.3 is 9.73 Å². The highest BCUT2D eigenvalue weighted by molar-refractivity contribution is 9.10. The summed E-state index contributed by atoms with van der Waals surface area (Å²) in [5.41, 5.74) is 0.179. The summed E-state index contributed by atoms with van der Waals surface area (Å²) in [6, 6.07) is 13.4. The van der Waals surface area contributed by atoms with E-state index >= 15 is 0 Å². The molecule has 0 saturated heterocycles. The third kappa shape index (κ3) is 3.05. The van der Waals surface area contributed by atoms with E-state index in [9.17, 15) is 9.59 Å². The molecule has 0 aliphatic carbocycles. The number of benzene rings is 2. The van der Waals surface area contributed by atoms with Gasteiger partial charge in [-0.05, 0) is 42.5 Å². The highest BCUT2D eigenvalue weighted by Crippen LogP contribution is 2.20. The number of halogens is 2. The van der Waals surface area contributed by atoms with Crippen LogP contribution in [-0.2, 0) is 0 Å². The molecule has 3 aromatic rings. The van der Waals surface area contributed by atoms with Crippen molar-refractivity contribution < 1.29 is 9.21 Å². The van der Waals surface area contributed by atoms with Crippen molar-refractivity contribution in [2.24, 2.45) is 0 Å². The van der Waals surface area contributed by atoms with Crippen LogP contribution < -0.4 is 10.9 Å². The maximum absolute atomic E-state index is 12.2. The Balaban J connectivity index is 2.00. The van der Waals surface area contributed by atoms with E-state index in [0.717, 1.165) is 4.47 Å². The maximum Gasteiger partial charge on any atom is 0.349 e. The second kappa shape index (κ2) is 5.94. The lowest BCUT2D eigenvalue weighted by atomic mass is 10.1. The van der Waals surface area contributed by atoms with Crippen molar-refractivity contribution in [2.75, 3.05) is 5.32 Å². The lowest BCUT2D eigenvalue weighted by Gasteiger charge is -2.05. The topological polar surface area (TPSA) is 59.3 Å². The molecule has 0 spiro atoms. The van der Waals surface area contributed by atoms with Gasteiger partial charge in [-0.25, -0.2) is 4.79 Å². The number of hydrogen-bond donors (Lipinski definition) is 1. The van der Waals surface area contributed by atoms with Crippen LogP contribution in [0.25, 0.3) is 11.0 Å².